The van der Waals surface area contributed by atoms with Crippen LogP contribution in [0.15, 0.2) is 48.7 Å². The van der Waals surface area contributed by atoms with E-state index in [1.165, 1.54) is 0 Å². The van der Waals surface area contributed by atoms with E-state index >= 15 is 0 Å². The first kappa shape index (κ1) is 16.6. The van der Waals surface area contributed by atoms with Crippen LogP contribution in [-0.2, 0) is 13.1 Å². The second-order valence-electron chi connectivity index (χ2n) is 6.64. The molecule has 0 radical (unpaired) electrons. The lowest BCUT2D eigenvalue weighted by Gasteiger charge is -2.17. The first-order valence-electron chi connectivity index (χ1n) is 9.14. The van der Waals surface area contributed by atoms with E-state index < -0.39 is 0 Å². The lowest BCUT2D eigenvalue weighted by atomic mass is 10.1. The maximum Gasteiger partial charge on any atom is 0.317 e. The molecule has 1 atom stereocenters. The highest BCUT2D eigenvalue weighted by atomic mass is 16.2. The molecule has 1 aliphatic rings. The van der Waals surface area contributed by atoms with E-state index in [1.54, 1.807) is 6.20 Å². The summed E-state index contributed by atoms with van der Waals surface area (Å²) in [4.78, 5) is 23.7. The van der Waals surface area contributed by atoms with E-state index in [-0.39, 0.29) is 11.9 Å². The van der Waals surface area contributed by atoms with Gasteiger partial charge < -0.3 is 14.8 Å². The fourth-order valence-corrected chi connectivity index (χ4v) is 3.64. The molecule has 0 unspecified atom stereocenters. The van der Waals surface area contributed by atoms with Crippen molar-refractivity contribution < 1.29 is 4.79 Å². The molecule has 0 aliphatic carbocycles. The molecule has 6 nitrogen and oxygen atoms in total. The number of rotatable bonds is 4. The van der Waals surface area contributed by atoms with Gasteiger partial charge >= 0.3 is 6.03 Å². The van der Waals surface area contributed by atoms with Crippen LogP contribution >= 0.6 is 0 Å². The molecule has 1 aliphatic heterocycles. The van der Waals surface area contributed by atoms with Gasteiger partial charge in [-0.25, -0.2) is 14.8 Å². The molecule has 1 N–H and O–H groups in total. The number of aryl methyl sites for hydroxylation is 1. The maximum absolute atomic E-state index is 12.5. The Balaban J connectivity index is 1.44. The average Bonchev–Trinajstić information content (AvgIpc) is 3.31. The summed E-state index contributed by atoms with van der Waals surface area (Å²) in [5, 5.41) is 3.02. The normalized spacial score (nSPS) is 17.0. The Bertz CT molecular complexity index is 905. The molecule has 1 aromatic carbocycles. The fraction of sp³-hybridized carbons (Fsp3) is 0.350. The minimum atomic E-state index is -0.00589. The van der Waals surface area contributed by atoms with Crippen LogP contribution in [0.1, 0.15) is 30.7 Å². The highest BCUT2D eigenvalue weighted by molar-refractivity contribution is 5.75. The summed E-state index contributed by atoms with van der Waals surface area (Å²) in [7, 11) is 0. The smallest absolute Gasteiger partial charge is 0.317 e. The third-order valence-electron chi connectivity index (χ3n) is 4.98. The Hall–Kier alpha value is -2.89. The molecule has 0 saturated carbocycles. The van der Waals surface area contributed by atoms with Gasteiger partial charge in [0.2, 0.25) is 0 Å². The number of imidazole rings is 1. The number of hydrogen-bond acceptors (Lipinski definition) is 3. The SMILES string of the molecule is CCn1c([C@H]2CCN(C(=O)NCc3ccccc3)C2)nc2cccnc21. The molecule has 2 amide bonds. The minimum Gasteiger partial charge on any atom is -0.334 e. The van der Waals surface area contributed by atoms with Crippen molar-refractivity contribution in [2.45, 2.75) is 32.4 Å². The zero-order valence-corrected chi connectivity index (χ0v) is 14.9. The Kier molecular flexibility index (Phi) is 4.56. The number of nitrogens with one attached hydrogen (secondary N) is 1. The van der Waals surface area contributed by atoms with E-state index in [4.69, 9.17) is 4.98 Å². The molecule has 134 valence electrons. The van der Waals surface area contributed by atoms with Crippen molar-refractivity contribution in [3.05, 3.63) is 60.0 Å². The second-order valence-corrected chi connectivity index (χ2v) is 6.64. The molecule has 6 heteroatoms. The number of pyridine rings is 1. The van der Waals surface area contributed by atoms with Gasteiger partial charge in [0.1, 0.15) is 11.3 Å². The molecular weight excluding hydrogens is 326 g/mol. The number of aromatic nitrogens is 3. The quantitative estimate of drug-likeness (QED) is 0.787. The summed E-state index contributed by atoms with van der Waals surface area (Å²) in [5.41, 5.74) is 2.96. The van der Waals surface area contributed by atoms with Gasteiger partial charge in [-0.05, 0) is 31.0 Å². The van der Waals surface area contributed by atoms with Crippen molar-refractivity contribution >= 4 is 17.2 Å². The molecular formula is C20H23N5O. The Morgan fingerprint density at radius 3 is 2.88 bits per heavy atom. The van der Waals surface area contributed by atoms with Crippen molar-refractivity contribution in [1.82, 2.24) is 24.8 Å². The second kappa shape index (κ2) is 7.15. The van der Waals surface area contributed by atoms with Crippen molar-refractivity contribution in [1.29, 1.82) is 0 Å². The van der Waals surface area contributed by atoms with Gasteiger partial charge in [0, 0.05) is 38.3 Å². The summed E-state index contributed by atoms with van der Waals surface area (Å²) in [6.07, 6.45) is 2.74. The number of carbonyl (C=O) groups is 1. The van der Waals surface area contributed by atoms with E-state index in [1.807, 2.05) is 47.4 Å². The van der Waals surface area contributed by atoms with Crippen molar-refractivity contribution in [2.24, 2.45) is 0 Å². The molecule has 0 spiro atoms. The largest absolute Gasteiger partial charge is 0.334 e. The van der Waals surface area contributed by atoms with Crippen LogP contribution in [0.3, 0.4) is 0 Å². The molecule has 4 rings (SSSR count). The molecule has 1 saturated heterocycles. The predicted octanol–water partition coefficient (Wildman–Crippen LogP) is 3.15. The van der Waals surface area contributed by atoms with Crippen LogP contribution in [0.25, 0.3) is 11.2 Å². The van der Waals surface area contributed by atoms with E-state index in [2.05, 4.69) is 21.8 Å². The van der Waals surface area contributed by atoms with Gasteiger partial charge in [-0.1, -0.05) is 30.3 Å². The summed E-state index contributed by atoms with van der Waals surface area (Å²) in [6.45, 7) is 4.95. The van der Waals surface area contributed by atoms with Gasteiger partial charge in [0.05, 0.1) is 0 Å². The molecule has 26 heavy (non-hydrogen) atoms. The van der Waals surface area contributed by atoms with Crippen LogP contribution in [0, 0.1) is 0 Å². The highest BCUT2D eigenvalue weighted by Crippen LogP contribution is 2.29. The fourth-order valence-electron chi connectivity index (χ4n) is 3.64. The Morgan fingerprint density at radius 1 is 1.23 bits per heavy atom. The van der Waals surface area contributed by atoms with Crippen LogP contribution in [0.2, 0.25) is 0 Å². The van der Waals surface area contributed by atoms with Crippen molar-refractivity contribution in [2.75, 3.05) is 13.1 Å². The summed E-state index contributed by atoms with van der Waals surface area (Å²) in [5.74, 6) is 1.30. The van der Waals surface area contributed by atoms with E-state index in [0.29, 0.717) is 13.1 Å². The van der Waals surface area contributed by atoms with Gasteiger partial charge in [0.25, 0.3) is 0 Å². The predicted molar refractivity (Wildman–Crippen MR) is 101 cm³/mol. The number of benzene rings is 1. The number of fused-ring (bicyclic) bond motifs is 1. The number of nitrogens with zero attached hydrogens (tertiary/aromatic N) is 4. The zero-order chi connectivity index (χ0) is 17.9. The van der Waals surface area contributed by atoms with Gasteiger partial charge in [-0.3, -0.25) is 0 Å². The first-order valence-corrected chi connectivity index (χ1v) is 9.14. The monoisotopic (exact) mass is 349 g/mol. The topological polar surface area (TPSA) is 63.1 Å². The van der Waals surface area contributed by atoms with Gasteiger partial charge in [-0.15, -0.1) is 0 Å². The molecule has 3 aromatic rings. The van der Waals surface area contributed by atoms with Gasteiger partial charge in [-0.2, -0.15) is 0 Å². The average molecular weight is 349 g/mol. The lowest BCUT2D eigenvalue weighted by molar-refractivity contribution is 0.207. The standard InChI is InChI=1S/C20H23N5O/c1-2-25-18(23-17-9-6-11-21-19(17)25)16-10-12-24(14-16)20(26)22-13-15-7-4-3-5-8-15/h3-9,11,16H,2,10,12-14H2,1H3,(H,22,26)/t16-/m0/s1. The lowest BCUT2D eigenvalue weighted by Crippen LogP contribution is -2.38. The van der Waals surface area contributed by atoms with Crippen LogP contribution < -0.4 is 5.32 Å². The van der Waals surface area contributed by atoms with Crippen LogP contribution in [-0.4, -0.2) is 38.6 Å². The van der Waals surface area contributed by atoms with Crippen LogP contribution in [0.4, 0.5) is 4.79 Å². The molecule has 0 bridgehead atoms. The molecule has 3 heterocycles. The number of hydrogen-bond donors (Lipinski definition) is 1. The zero-order valence-electron chi connectivity index (χ0n) is 14.9. The number of likely N-dealkylation sites (tertiary alicyclic amines) is 1. The highest BCUT2D eigenvalue weighted by Gasteiger charge is 2.30. The van der Waals surface area contributed by atoms with Crippen molar-refractivity contribution in [3.8, 4) is 0 Å². The third kappa shape index (κ3) is 3.14. The van der Waals surface area contributed by atoms with Gasteiger partial charge in [0.15, 0.2) is 5.65 Å². The van der Waals surface area contributed by atoms with Crippen LogP contribution in [0.5, 0.6) is 0 Å². The Labute approximate surface area is 152 Å². The third-order valence-corrected chi connectivity index (χ3v) is 4.98. The molecule has 2 aromatic heterocycles. The summed E-state index contributed by atoms with van der Waals surface area (Å²) >= 11 is 0. The number of amides is 2. The van der Waals surface area contributed by atoms with Crippen molar-refractivity contribution in [3.63, 3.8) is 0 Å². The minimum absolute atomic E-state index is 0.00589. The number of urea groups is 1. The Morgan fingerprint density at radius 2 is 2.08 bits per heavy atom. The first-order chi connectivity index (χ1) is 12.8. The summed E-state index contributed by atoms with van der Waals surface area (Å²) in [6, 6.07) is 13.9. The maximum atomic E-state index is 12.5. The summed E-state index contributed by atoms with van der Waals surface area (Å²) < 4.78 is 2.17. The number of carbonyl (C=O) groups excluding carboxylic acids is 1. The molecule has 1 fully saturated rings. The van der Waals surface area contributed by atoms with E-state index in [9.17, 15) is 4.79 Å². The van der Waals surface area contributed by atoms with E-state index in [0.717, 1.165) is 42.1 Å².